The van der Waals surface area contributed by atoms with Crippen LogP contribution in [0.4, 0.5) is 4.79 Å². The monoisotopic (exact) mass is 281 g/mol. The molecule has 3 heteroatoms. The van der Waals surface area contributed by atoms with Crippen LogP contribution >= 0.6 is 0 Å². The van der Waals surface area contributed by atoms with Gasteiger partial charge in [0.1, 0.15) is 0 Å². The van der Waals surface area contributed by atoms with E-state index in [1.807, 2.05) is 0 Å². The summed E-state index contributed by atoms with van der Waals surface area (Å²) < 4.78 is 5.15. The van der Waals surface area contributed by atoms with Crippen LogP contribution in [-0.4, -0.2) is 19.7 Å². The van der Waals surface area contributed by atoms with E-state index in [2.05, 4.69) is 53.8 Å². The third-order valence-electron chi connectivity index (χ3n) is 4.08. The third kappa shape index (κ3) is 2.77. The Kier molecular flexibility index (Phi) is 3.91. The average molecular weight is 281 g/mol. The highest BCUT2D eigenvalue weighted by Gasteiger charge is 2.23. The number of carbonyl (C=O) groups is 1. The summed E-state index contributed by atoms with van der Waals surface area (Å²) in [5.41, 5.74) is 5.37. The zero-order valence-corrected chi connectivity index (χ0v) is 12.1. The predicted molar refractivity (Wildman–Crippen MR) is 83.3 cm³/mol. The summed E-state index contributed by atoms with van der Waals surface area (Å²) in [5.74, 6) is 0.403. The number of rotatable bonds is 3. The summed E-state index contributed by atoms with van der Waals surface area (Å²) >= 11 is 0. The second kappa shape index (κ2) is 6.00. The third-order valence-corrected chi connectivity index (χ3v) is 4.08. The van der Waals surface area contributed by atoms with Crippen LogP contribution in [0, 0.1) is 0 Å². The van der Waals surface area contributed by atoms with Gasteiger partial charge in [0.2, 0.25) is 0 Å². The average Bonchev–Trinajstić information content (AvgIpc) is 2.54. The van der Waals surface area contributed by atoms with Crippen molar-refractivity contribution < 1.29 is 9.53 Å². The number of amides is 1. The molecule has 1 unspecified atom stereocenters. The largest absolute Gasteiger partial charge is 0.450 e. The lowest BCUT2D eigenvalue weighted by Gasteiger charge is -2.27. The molecule has 0 aliphatic heterocycles. The lowest BCUT2D eigenvalue weighted by Crippen LogP contribution is -2.21. The molecule has 1 atom stereocenters. The number of hydrogen-bond donors (Lipinski definition) is 1. The Bertz CT molecular complexity index is 651. The number of hydrogen-bond acceptors (Lipinski definition) is 2. The van der Waals surface area contributed by atoms with Gasteiger partial charge in [-0.3, -0.25) is 0 Å². The van der Waals surface area contributed by atoms with E-state index in [4.69, 9.17) is 4.74 Å². The second-order valence-electron chi connectivity index (χ2n) is 5.32. The number of alkyl carbamates (subject to hydrolysis) is 1. The lowest BCUT2D eigenvalue weighted by molar-refractivity contribution is 0.144. The van der Waals surface area contributed by atoms with Crippen molar-refractivity contribution in [2.24, 2.45) is 0 Å². The maximum absolute atomic E-state index is 11.2. The minimum absolute atomic E-state index is 0.362. The van der Waals surface area contributed by atoms with E-state index in [1.165, 1.54) is 22.3 Å². The van der Waals surface area contributed by atoms with Gasteiger partial charge in [0.15, 0.2) is 0 Å². The van der Waals surface area contributed by atoms with E-state index in [1.54, 1.807) is 7.05 Å². The van der Waals surface area contributed by atoms with Crippen LogP contribution in [0.3, 0.4) is 0 Å². The molecule has 0 bridgehead atoms. The summed E-state index contributed by atoms with van der Waals surface area (Å²) in [7, 11) is 1.58. The van der Waals surface area contributed by atoms with Gasteiger partial charge in [0.25, 0.3) is 0 Å². The normalized spacial score (nSPS) is 15.8. The van der Waals surface area contributed by atoms with Crippen molar-refractivity contribution in [3.8, 4) is 11.1 Å². The first-order chi connectivity index (χ1) is 10.3. The molecule has 0 heterocycles. The van der Waals surface area contributed by atoms with Gasteiger partial charge in [-0.15, -0.1) is 0 Å². The number of nitrogens with one attached hydrogen (secondary N) is 1. The van der Waals surface area contributed by atoms with Gasteiger partial charge >= 0.3 is 6.09 Å². The summed E-state index contributed by atoms with van der Waals surface area (Å²) in [4.78, 5) is 11.2. The highest BCUT2D eigenvalue weighted by Crippen LogP contribution is 2.40. The standard InChI is InChI=1S/C18H19NO2/c1-19-18(20)21-11-10-14-12-13-6-2-3-7-15(13)17-9-5-4-8-16(14)17/h2-9,14H,10-12H2,1H3,(H,19,20). The molecule has 1 amide bonds. The molecule has 1 aliphatic rings. The van der Waals surface area contributed by atoms with Crippen molar-refractivity contribution in [3.63, 3.8) is 0 Å². The first-order valence-corrected chi connectivity index (χ1v) is 7.31. The van der Waals surface area contributed by atoms with Crippen LogP contribution in [0.25, 0.3) is 11.1 Å². The van der Waals surface area contributed by atoms with Crippen LogP contribution in [-0.2, 0) is 11.2 Å². The highest BCUT2D eigenvalue weighted by atomic mass is 16.5. The van der Waals surface area contributed by atoms with E-state index in [9.17, 15) is 4.79 Å². The van der Waals surface area contributed by atoms with E-state index < -0.39 is 0 Å². The highest BCUT2D eigenvalue weighted by molar-refractivity contribution is 5.74. The molecule has 2 aromatic rings. The molecule has 1 N–H and O–H groups in total. The molecule has 0 radical (unpaired) electrons. The lowest BCUT2D eigenvalue weighted by atomic mass is 9.77. The molecule has 2 aromatic carbocycles. The minimum atomic E-state index is -0.362. The maximum Gasteiger partial charge on any atom is 0.406 e. The Morgan fingerprint density at radius 2 is 1.86 bits per heavy atom. The minimum Gasteiger partial charge on any atom is -0.450 e. The maximum atomic E-state index is 11.2. The van der Waals surface area contributed by atoms with Crippen molar-refractivity contribution in [1.82, 2.24) is 5.32 Å². The summed E-state index contributed by atoms with van der Waals surface area (Å²) in [6.45, 7) is 0.445. The van der Waals surface area contributed by atoms with E-state index in [-0.39, 0.29) is 6.09 Å². The Hall–Kier alpha value is -2.29. The van der Waals surface area contributed by atoms with E-state index in [0.717, 1.165) is 12.8 Å². The van der Waals surface area contributed by atoms with Gasteiger partial charge in [-0.1, -0.05) is 48.5 Å². The fourth-order valence-electron chi connectivity index (χ4n) is 3.06. The molecule has 108 valence electrons. The predicted octanol–water partition coefficient (Wildman–Crippen LogP) is 3.74. The van der Waals surface area contributed by atoms with Crippen molar-refractivity contribution in [2.75, 3.05) is 13.7 Å². The molecule has 1 aliphatic carbocycles. The van der Waals surface area contributed by atoms with Gasteiger partial charge in [0.05, 0.1) is 6.61 Å². The van der Waals surface area contributed by atoms with Crippen molar-refractivity contribution in [2.45, 2.75) is 18.8 Å². The Morgan fingerprint density at radius 3 is 2.67 bits per heavy atom. The number of benzene rings is 2. The fourth-order valence-corrected chi connectivity index (χ4v) is 3.06. The molecule has 3 nitrogen and oxygen atoms in total. The second-order valence-corrected chi connectivity index (χ2v) is 5.32. The van der Waals surface area contributed by atoms with Crippen molar-refractivity contribution >= 4 is 6.09 Å². The number of ether oxygens (including phenoxy) is 1. The van der Waals surface area contributed by atoms with Crippen LogP contribution in [0.15, 0.2) is 48.5 Å². The molecule has 0 saturated carbocycles. The van der Waals surface area contributed by atoms with E-state index in [0.29, 0.717) is 12.5 Å². The molecule has 0 saturated heterocycles. The van der Waals surface area contributed by atoms with Crippen LogP contribution in [0.2, 0.25) is 0 Å². The Labute approximate surface area is 124 Å². The molecular formula is C18H19NO2. The first-order valence-electron chi connectivity index (χ1n) is 7.31. The summed E-state index contributed by atoms with van der Waals surface area (Å²) in [5, 5.41) is 2.48. The summed E-state index contributed by atoms with van der Waals surface area (Å²) in [6.07, 6.45) is 1.49. The van der Waals surface area contributed by atoms with Gasteiger partial charge in [0, 0.05) is 7.05 Å². The smallest absolute Gasteiger partial charge is 0.406 e. The number of carbonyl (C=O) groups excluding carboxylic acids is 1. The van der Waals surface area contributed by atoms with Crippen LogP contribution < -0.4 is 5.32 Å². The van der Waals surface area contributed by atoms with Crippen LogP contribution in [0.1, 0.15) is 23.5 Å². The zero-order valence-electron chi connectivity index (χ0n) is 12.1. The topological polar surface area (TPSA) is 38.3 Å². The first kappa shape index (κ1) is 13.7. The molecule has 0 spiro atoms. The van der Waals surface area contributed by atoms with Gasteiger partial charge in [-0.05, 0) is 41.0 Å². The van der Waals surface area contributed by atoms with Crippen LogP contribution in [0.5, 0.6) is 0 Å². The summed E-state index contributed by atoms with van der Waals surface area (Å²) in [6, 6.07) is 17.1. The molecule has 21 heavy (non-hydrogen) atoms. The van der Waals surface area contributed by atoms with E-state index >= 15 is 0 Å². The molecule has 0 aromatic heterocycles. The quantitative estimate of drug-likeness (QED) is 0.930. The van der Waals surface area contributed by atoms with Crippen molar-refractivity contribution in [3.05, 3.63) is 59.7 Å². The van der Waals surface area contributed by atoms with Gasteiger partial charge in [-0.25, -0.2) is 4.79 Å². The Morgan fingerprint density at radius 1 is 1.14 bits per heavy atom. The number of fused-ring (bicyclic) bond motifs is 3. The molecule has 0 fully saturated rings. The van der Waals surface area contributed by atoms with Gasteiger partial charge < -0.3 is 10.1 Å². The van der Waals surface area contributed by atoms with Crippen molar-refractivity contribution in [1.29, 1.82) is 0 Å². The van der Waals surface area contributed by atoms with Gasteiger partial charge in [-0.2, -0.15) is 0 Å². The zero-order chi connectivity index (χ0) is 14.7. The SMILES string of the molecule is CNC(=O)OCCC1Cc2ccccc2-c2ccccc21. The Balaban J connectivity index is 1.83. The fraction of sp³-hybridized carbons (Fsp3) is 0.278. The molecular weight excluding hydrogens is 262 g/mol. The molecule has 3 rings (SSSR count).